The fraction of sp³-hybridized carbons (Fsp3) is 0.778. The molecule has 3 heterocycles. The highest BCUT2D eigenvalue weighted by atomic mass is 16.5. The Bertz CT molecular complexity index is 596. The van der Waals surface area contributed by atoms with Crippen LogP contribution in [0.15, 0.2) is 12.3 Å². The number of amides is 1. The van der Waals surface area contributed by atoms with Crippen LogP contribution >= 0.6 is 0 Å². The molecule has 1 aromatic heterocycles. The molecule has 1 aliphatic carbocycles. The van der Waals surface area contributed by atoms with Gasteiger partial charge in [-0.2, -0.15) is 5.10 Å². The zero-order valence-corrected chi connectivity index (χ0v) is 14.6. The van der Waals surface area contributed by atoms with E-state index in [1.165, 1.54) is 18.5 Å². The molecule has 3 aliphatic rings. The monoisotopic (exact) mass is 332 g/mol. The van der Waals surface area contributed by atoms with Crippen molar-refractivity contribution in [3.05, 3.63) is 18.0 Å². The van der Waals surface area contributed by atoms with Gasteiger partial charge in [0, 0.05) is 45.3 Å². The third-order valence-electron chi connectivity index (χ3n) is 6.30. The maximum atomic E-state index is 13.1. The molecule has 6 nitrogen and oxygen atoms in total. The summed E-state index contributed by atoms with van der Waals surface area (Å²) in [6, 6.07) is 2.09. The van der Waals surface area contributed by atoms with E-state index in [9.17, 15) is 4.79 Å². The first kappa shape index (κ1) is 16.1. The van der Waals surface area contributed by atoms with Crippen molar-refractivity contribution in [1.29, 1.82) is 0 Å². The van der Waals surface area contributed by atoms with Gasteiger partial charge in [0.1, 0.15) is 0 Å². The van der Waals surface area contributed by atoms with E-state index < -0.39 is 0 Å². The second-order valence-corrected chi connectivity index (χ2v) is 7.65. The number of aryl methyl sites for hydroxylation is 1. The van der Waals surface area contributed by atoms with Gasteiger partial charge in [-0.25, -0.2) is 0 Å². The van der Waals surface area contributed by atoms with Gasteiger partial charge in [0.25, 0.3) is 0 Å². The van der Waals surface area contributed by atoms with E-state index in [2.05, 4.69) is 16.1 Å². The second-order valence-electron chi connectivity index (χ2n) is 7.65. The molecule has 2 aliphatic heterocycles. The average molecular weight is 332 g/mol. The van der Waals surface area contributed by atoms with Crippen molar-refractivity contribution in [2.75, 3.05) is 39.4 Å². The molecule has 0 unspecified atom stereocenters. The number of rotatable bonds is 3. The molecule has 2 saturated heterocycles. The highest BCUT2D eigenvalue weighted by Crippen LogP contribution is 2.50. The second kappa shape index (κ2) is 6.48. The Morgan fingerprint density at radius 1 is 1.33 bits per heavy atom. The summed E-state index contributed by atoms with van der Waals surface area (Å²) in [4.78, 5) is 17.6. The van der Waals surface area contributed by atoms with Crippen molar-refractivity contribution in [1.82, 2.24) is 19.6 Å². The standard InChI is InChI=1S/C18H28N4O2/c1-20-15(4-7-19-20)13-21-8-6-18(14-21)5-2-3-16(18)17(23)22-9-11-24-12-10-22/h4,7,16H,2-3,5-6,8-14H2,1H3/t16-,18+/m0/s1. The number of nitrogens with zero attached hydrogens (tertiary/aromatic N) is 4. The fourth-order valence-electron chi connectivity index (χ4n) is 4.92. The quantitative estimate of drug-likeness (QED) is 0.836. The van der Waals surface area contributed by atoms with Crippen LogP contribution in [0, 0.1) is 11.3 Å². The molecule has 2 atom stereocenters. The molecule has 3 fully saturated rings. The number of morpholine rings is 1. The minimum Gasteiger partial charge on any atom is -0.378 e. The van der Waals surface area contributed by atoms with E-state index in [1.807, 2.05) is 22.8 Å². The third-order valence-corrected chi connectivity index (χ3v) is 6.30. The Morgan fingerprint density at radius 3 is 2.92 bits per heavy atom. The summed E-state index contributed by atoms with van der Waals surface area (Å²) in [5.41, 5.74) is 1.45. The van der Waals surface area contributed by atoms with E-state index >= 15 is 0 Å². The van der Waals surface area contributed by atoms with Crippen molar-refractivity contribution >= 4 is 5.91 Å². The summed E-state index contributed by atoms with van der Waals surface area (Å²) < 4.78 is 7.36. The Kier molecular flexibility index (Phi) is 4.35. The SMILES string of the molecule is Cn1nccc1CN1CC[C@]2(CCC[C@H]2C(=O)N2CCOCC2)C1. The van der Waals surface area contributed by atoms with Crippen LogP contribution in [-0.4, -0.2) is 64.9 Å². The summed E-state index contributed by atoms with van der Waals surface area (Å²) in [7, 11) is 2.00. The lowest BCUT2D eigenvalue weighted by molar-refractivity contribution is -0.143. The maximum absolute atomic E-state index is 13.1. The zero-order chi connectivity index (χ0) is 16.6. The van der Waals surface area contributed by atoms with Gasteiger partial charge in [0.05, 0.1) is 18.9 Å². The minimum atomic E-state index is 0.202. The number of hydrogen-bond donors (Lipinski definition) is 0. The van der Waals surface area contributed by atoms with Gasteiger partial charge >= 0.3 is 0 Å². The molecule has 1 aromatic rings. The van der Waals surface area contributed by atoms with Crippen LogP contribution in [0.1, 0.15) is 31.4 Å². The highest BCUT2D eigenvalue weighted by Gasteiger charge is 2.51. The van der Waals surface area contributed by atoms with Crippen LogP contribution < -0.4 is 0 Å². The summed E-state index contributed by atoms with van der Waals surface area (Å²) >= 11 is 0. The molecule has 0 aromatic carbocycles. The number of hydrogen-bond acceptors (Lipinski definition) is 4. The van der Waals surface area contributed by atoms with E-state index in [-0.39, 0.29) is 11.3 Å². The van der Waals surface area contributed by atoms with Gasteiger partial charge in [-0.1, -0.05) is 6.42 Å². The van der Waals surface area contributed by atoms with Crippen molar-refractivity contribution < 1.29 is 9.53 Å². The number of likely N-dealkylation sites (tertiary alicyclic amines) is 1. The molecule has 0 radical (unpaired) electrons. The van der Waals surface area contributed by atoms with Crippen LogP contribution in [0.4, 0.5) is 0 Å². The Morgan fingerprint density at radius 2 is 2.17 bits per heavy atom. The lowest BCUT2D eigenvalue weighted by Crippen LogP contribution is -2.47. The van der Waals surface area contributed by atoms with Crippen LogP contribution in [0.2, 0.25) is 0 Å². The molecular formula is C18H28N4O2. The Hall–Kier alpha value is -1.40. The smallest absolute Gasteiger partial charge is 0.226 e. The van der Waals surface area contributed by atoms with Gasteiger partial charge in [-0.15, -0.1) is 0 Å². The first-order valence-electron chi connectivity index (χ1n) is 9.24. The van der Waals surface area contributed by atoms with Crippen molar-refractivity contribution in [3.63, 3.8) is 0 Å². The molecule has 132 valence electrons. The normalized spacial score (nSPS) is 31.2. The van der Waals surface area contributed by atoms with Gasteiger partial charge in [0.15, 0.2) is 0 Å². The first-order valence-corrected chi connectivity index (χ1v) is 9.24. The molecule has 24 heavy (non-hydrogen) atoms. The minimum absolute atomic E-state index is 0.202. The number of carbonyl (C=O) groups is 1. The lowest BCUT2D eigenvalue weighted by Gasteiger charge is -2.36. The Balaban J connectivity index is 1.44. The summed E-state index contributed by atoms with van der Waals surface area (Å²) in [6.07, 6.45) is 6.48. The predicted molar refractivity (Wildman–Crippen MR) is 90.3 cm³/mol. The Labute approximate surface area is 143 Å². The first-order chi connectivity index (χ1) is 11.7. The van der Waals surface area contributed by atoms with E-state index in [0.717, 1.165) is 45.6 Å². The van der Waals surface area contributed by atoms with Crippen LogP contribution in [-0.2, 0) is 23.1 Å². The fourth-order valence-corrected chi connectivity index (χ4v) is 4.92. The molecular weight excluding hydrogens is 304 g/mol. The van der Waals surface area contributed by atoms with Gasteiger partial charge in [0.2, 0.25) is 5.91 Å². The topological polar surface area (TPSA) is 50.6 Å². The number of ether oxygens (including phenoxy) is 1. The van der Waals surface area contributed by atoms with Gasteiger partial charge in [-0.05, 0) is 37.3 Å². The molecule has 1 saturated carbocycles. The molecule has 4 rings (SSSR count). The largest absolute Gasteiger partial charge is 0.378 e. The maximum Gasteiger partial charge on any atom is 0.226 e. The lowest BCUT2D eigenvalue weighted by atomic mass is 9.76. The van der Waals surface area contributed by atoms with E-state index in [4.69, 9.17) is 4.74 Å². The van der Waals surface area contributed by atoms with Crippen LogP contribution in [0.5, 0.6) is 0 Å². The molecule has 6 heteroatoms. The van der Waals surface area contributed by atoms with E-state index in [1.54, 1.807) is 0 Å². The number of carbonyl (C=O) groups excluding carboxylic acids is 1. The zero-order valence-electron chi connectivity index (χ0n) is 14.6. The third kappa shape index (κ3) is 2.86. The predicted octanol–water partition coefficient (Wildman–Crippen LogP) is 1.27. The molecule has 0 N–H and O–H groups in total. The highest BCUT2D eigenvalue weighted by molar-refractivity contribution is 5.80. The van der Waals surface area contributed by atoms with E-state index in [0.29, 0.717) is 19.1 Å². The summed E-state index contributed by atoms with van der Waals surface area (Å²) in [5, 5.41) is 4.27. The van der Waals surface area contributed by atoms with Crippen LogP contribution in [0.3, 0.4) is 0 Å². The average Bonchev–Trinajstić information content (AvgIpc) is 3.31. The molecule has 0 bridgehead atoms. The van der Waals surface area contributed by atoms with Crippen molar-refractivity contribution in [2.24, 2.45) is 18.4 Å². The van der Waals surface area contributed by atoms with Crippen LogP contribution in [0.25, 0.3) is 0 Å². The van der Waals surface area contributed by atoms with Crippen molar-refractivity contribution in [2.45, 2.75) is 32.2 Å². The van der Waals surface area contributed by atoms with Gasteiger partial charge < -0.3 is 9.64 Å². The van der Waals surface area contributed by atoms with Crippen molar-refractivity contribution in [3.8, 4) is 0 Å². The number of aromatic nitrogens is 2. The summed E-state index contributed by atoms with van der Waals surface area (Å²) in [5.74, 6) is 0.602. The molecule has 1 amide bonds. The summed E-state index contributed by atoms with van der Waals surface area (Å²) in [6.45, 7) is 6.01. The molecule has 1 spiro atoms. The van der Waals surface area contributed by atoms with Gasteiger partial charge in [-0.3, -0.25) is 14.4 Å².